The Labute approximate surface area is 311 Å². The molecule has 7 N–H and O–H groups in total. The predicted octanol–water partition coefficient (Wildman–Crippen LogP) is 4.12. The molecule has 3 aromatic heterocycles. The number of nitrogens with two attached hydrogens (primary N) is 2. The number of likely N-dealkylation sites (N-methyl/N-ethyl adjacent to an activating group) is 1. The third kappa shape index (κ3) is 10.7. The molecule has 2 fully saturated rings. The Hall–Kier alpha value is -6.14. The summed E-state index contributed by atoms with van der Waals surface area (Å²) in [7, 11) is 2.19. The first kappa shape index (κ1) is 40.6. The molecule has 1 amide bonds. The summed E-state index contributed by atoms with van der Waals surface area (Å²) in [5.41, 5.74) is 14.9. The van der Waals surface area contributed by atoms with Gasteiger partial charge in [-0.25, -0.2) is 19.5 Å². The van der Waals surface area contributed by atoms with Crippen molar-refractivity contribution >= 4 is 69.3 Å². The van der Waals surface area contributed by atoms with Crippen molar-refractivity contribution in [2.45, 2.75) is 58.5 Å². The molecule has 4 heterocycles. The van der Waals surface area contributed by atoms with E-state index in [-0.39, 0.29) is 12.1 Å². The first-order valence-electron chi connectivity index (χ1n) is 17.2. The molecule has 0 radical (unpaired) electrons. The predicted molar refractivity (Wildman–Crippen MR) is 201 cm³/mol. The SMILES string of the molecule is CC(=O)O.CC(=O)O.CC(=O)O.CN1CCN(C2CCC(n3nc(N(c4ccccc4)c4nc5cc(C(N)=O)ccc5o4)c4c(N)ncnc43)CC2)CC1. The number of aliphatic carboxylic acids is 3. The van der Waals surface area contributed by atoms with E-state index in [1.54, 1.807) is 18.2 Å². The topological polar surface area (TPSA) is 260 Å². The van der Waals surface area contributed by atoms with Gasteiger partial charge in [0.1, 0.15) is 23.0 Å². The number of para-hydroxylation sites is 1. The summed E-state index contributed by atoms with van der Waals surface area (Å²) in [4.78, 5) is 59.4. The van der Waals surface area contributed by atoms with E-state index in [4.69, 9.17) is 55.7 Å². The van der Waals surface area contributed by atoms with Crippen LogP contribution in [-0.4, -0.2) is 113 Å². The van der Waals surface area contributed by atoms with E-state index in [9.17, 15) is 4.79 Å². The fourth-order valence-electron chi connectivity index (χ4n) is 6.31. The molecule has 1 aliphatic carbocycles. The average Bonchev–Trinajstić information content (AvgIpc) is 3.71. The molecule has 2 aliphatic rings. The van der Waals surface area contributed by atoms with Crippen LogP contribution >= 0.6 is 0 Å². The minimum absolute atomic E-state index is 0.179. The normalized spacial score (nSPS) is 17.2. The number of aromatic nitrogens is 5. The van der Waals surface area contributed by atoms with Gasteiger partial charge in [-0.15, -0.1) is 0 Å². The van der Waals surface area contributed by atoms with Crippen LogP contribution in [0.3, 0.4) is 0 Å². The van der Waals surface area contributed by atoms with E-state index in [0.29, 0.717) is 45.4 Å². The maximum absolute atomic E-state index is 11.8. The number of oxazole rings is 1. The number of anilines is 4. The number of amides is 1. The Balaban J connectivity index is 0.000000477. The number of nitrogen functional groups attached to an aromatic ring is 1. The lowest BCUT2D eigenvalue weighted by molar-refractivity contribution is -0.135. The minimum Gasteiger partial charge on any atom is -0.481 e. The summed E-state index contributed by atoms with van der Waals surface area (Å²) in [6.07, 6.45) is 5.72. The Morgan fingerprint density at radius 2 is 1.41 bits per heavy atom. The number of fused-ring (bicyclic) bond motifs is 2. The smallest absolute Gasteiger partial charge is 0.309 e. The van der Waals surface area contributed by atoms with Crippen molar-refractivity contribution in [2.24, 2.45) is 5.73 Å². The number of primary amides is 1. The number of carbonyl (C=O) groups excluding carboxylic acids is 1. The first-order valence-corrected chi connectivity index (χ1v) is 17.2. The van der Waals surface area contributed by atoms with Crippen molar-refractivity contribution in [1.29, 1.82) is 0 Å². The van der Waals surface area contributed by atoms with Gasteiger partial charge < -0.3 is 36.1 Å². The van der Waals surface area contributed by atoms with Crippen molar-refractivity contribution in [3.05, 3.63) is 60.4 Å². The number of carbonyl (C=O) groups is 4. The van der Waals surface area contributed by atoms with E-state index in [1.165, 1.54) is 6.33 Å². The summed E-state index contributed by atoms with van der Waals surface area (Å²) >= 11 is 0. The standard InChI is InChI=1S/C30H34N10O2.3C2H4O2/c1-37-13-15-38(16-14-37)20-8-10-22(11-9-20)40-28-25(26(31)33-18-34-28)29(36-40)39(21-5-3-2-4-6-21)30-35-23-17-19(27(32)41)7-12-24(23)42-30;3*1-2(3)4/h2-7,12,17-18,20,22H,8-11,13-16H2,1H3,(H2,32,41)(H2,31,33,34);3*1H3,(H,3,4). The van der Waals surface area contributed by atoms with Gasteiger partial charge >= 0.3 is 6.01 Å². The van der Waals surface area contributed by atoms with Crippen LogP contribution in [0, 0.1) is 0 Å². The first-order chi connectivity index (χ1) is 25.7. The molecule has 18 heteroatoms. The summed E-state index contributed by atoms with van der Waals surface area (Å²) in [5, 5.41) is 28.0. The van der Waals surface area contributed by atoms with Crippen LogP contribution < -0.4 is 16.4 Å². The van der Waals surface area contributed by atoms with Crippen molar-refractivity contribution in [2.75, 3.05) is 43.9 Å². The lowest BCUT2D eigenvalue weighted by atomic mass is 9.90. The third-order valence-electron chi connectivity index (χ3n) is 8.64. The molecule has 1 saturated heterocycles. The summed E-state index contributed by atoms with van der Waals surface area (Å²) in [6, 6.07) is 15.7. The zero-order valence-electron chi connectivity index (χ0n) is 30.6. The summed E-state index contributed by atoms with van der Waals surface area (Å²) in [5.74, 6) is -2.16. The molecule has 1 aliphatic heterocycles. The second-order valence-corrected chi connectivity index (χ2v) is 12.8. The number of hydrogen-bond donors (Lipinski definition) is 5. The molecule has 2 aromatic carbocycles. The number of nitrogens with zero attached hydrogens (tertiary/aromatic N) is 8. The Morgan fingerprint density at radius 1 is 0.833 bits per heavy atom. The Kier molecular flexibility index (Phi) is 14.0. The number of hydrogen-bond acceptors (Lipinski definition) is 13. The van der Waals surface area contributed by atoms with Gasteiger partial charge in [0, 0.05) is 58.6 Å². The molecule has 0 spiro atoms. The van der Waals surface area contributed by atoms with Crippen molar-refractivity contribution < 1.29 is 38.9 Å². The van der Waals surface area contributed by atoms with Crippen molar-refractivity contribution in [3.63, 3.8) is 0 Å². The second kappa shape index (κ2) is 18.6. The molecule has 5 aromatic rings. The van der Waals surface area contributed by atoms with Crippen molar-refractivity contribution in [3.8, 4) is 0 Å². The number of carboxylic acid groups (broad SMARTS) is 3. The highest BCUT2D eigenvalue weighted by atomic mass is 16.4. The van der Waals surface area contributed by atoms with Gasteiger partial charge in [-0.2, -0.15) is 10.1 Å². The van der Waals surface area contributed by atoms with Crippen LogP contribution in [0.15, 0.2) is 59.3 Å². The maximum Gasteiger partial charge on any atom is 0.309 e. The van der Waals surface area contributed by atoms with E-state index in [0.717, 1.165) is 78.3 Å². The number of piperazine rings is 1. The van der Waals surface area contributed by atoms with Gasteiger partial charge in [0.15, 0.2) is 17.0 Å². The highest BCUT2D eigenvalue weighted by molar-refractivity contribution is 6.00. The largest absolute Gasteiger partial charge is 0.481 e. The highest BCUT2D eigenvalue weighted by Gasteiger charge is 2.33. The Morgan fingerprint density at radius 3 is 1.98 bits per heavy atom. The molecule has 7 rings (SSSR count). The van der Waals surface area contributed by atoms with E-state index >= 15 is 0 Å². The zero-order valence-corrected chi connectivity index (χ0v) is 30.6. The number of benzene rings is 2. The van der Waals surface area contributed by atoms with Gasteiger partial charge in [0.2, 0.25) is 5.91 Å². The molecule has 0 unspecified atom stereocenters. The van der Waals surface area contributed by atoms with Crippen LogP contribution in [0.1, 0.15) is 62.9 Å². The molecule has 0 atom stereocenters. The summed E-state index contributed by atoms with van der Waals surface area (Å²) in [6.45, 7) is 7.75. The fraction of sp³-hybridized carbons (Fsp3) is 0.389. The fourth-order valence-corrected chi connectivity index (χ4v) is 6.31. The Bertz CT molecular complexity index is 2010. The summed E-state index contributed by atoms with van der Waals surface area (Å²) < 4.78 is 8.25. The molecule has 54 heavy (non-hydrogen) atoms. The van der Waals surface area contributed by atoms with Gasteiger partial charge in [0.25, 0.3) is 17.9 Å². The number of carboxylic acids is 3. The third-order valence-corrected chi connectivity index (χ3v) is 8.64. The zero-order chi connectivity index (χ0) is 39.5. The van der Waals surface area contributed by atoms with E-state index in [2.05, 4.69) is 26.8 Å². The van der Waals surface area contributed by atoms with E-state index in [1.807, 2.05) is 39.9 Å². The van der Waals surface area contributed by atoms with E-state index < -0.39 is 23.8 Å². The van der Waals surface area contributed by atoms with Crippen LogP contribution in [0.25, 0.3) is 22.1 Å². The molecular formula is C36H46N10O8. The van der Waals surface area contributed by atoms with Crippen molar-refractivity contribution in [1.82, 2.24) is 34.5 Å². The molecule has 1 saturated carbocycles. The second-order valence-electron chi connectivity index (χ2n) is 12.8. The lowest BCUT2D eigenvalue weighted by Gasteiger charge is -2.41. The molecule has 288 valence electrons. The molecule has 18 nitrogen and oxygen atoms in total. The van der Waals surface area contributed by atoms with Gasteiger partial charge in [-0.05, 0) is 63.1 Å². The minimum atomic E-state index is -0.833. The molecule has 0 bridgehead atoms. The maximum atomic E-state index is 11.8. The van der Waals surface area contributed by atoms with Crippen LogP contribution in [-0.2, 0) is 14.4 Å². The van der Waals surface area contributed by atoms with Crippen LogP contribution in [0.5, 0.6) is 0 Å². The van der Waals surface area contributed by atoms with Gasteiger partial charge in [0.05, 0.1) is 11.7 Å². The van der Waals surface area contributed by atoms with Crippen LogP contribution in [0.4, 0.5) is 23.3 Å². The lowest BCUT2D eigenvalue weighted by Crippen LogP contribution is -2.49. The average molecular weight is 747 g/mol. The van der Waals surface area contributed by atoms with Crippen LogP contribution in [0.2, 0.25) is 0 Å². The molecular weight excluding hydrogens is 700 g/mol. The number of rotatable bonds is 6. The van der Waals surface area contributed by atoms with Gasteiger partial charge in [-0.3, -0.25) is 24.1 Å². The quantitative estimate of drug-likeness (QED) is 0.164. The monoisotopic (exact) mass is 746 g/mol. The highest BCUT2D eigenvalue weighted by Crippen LogP contribution is 2.42. The van der Waals surface area contributed by atoms with Gasteiger partial charge in [-0.1, -0.05) is 18.2 Å².